The van der Waals surface area contributed by atoms with Gasteiger partial charge in [-0.05, 0) is 25.2 Å². The Bertz CT molecular complexity index is 269. The monoisotopic (exact) mass is 343 g/mol. The van der Waals surface area contributed by atoms with Gasteiger partial charge in [0.2, 0.25) is 0 Å². The molecule has 0 spiro atoms. The van der Waals surface area contributed by atoms with E-state index in [4.69, 9.17) is 10.8 Å². The predicted molar refractivity (Wildman–Crippen MR) is 96.3 cm³/mol. The van der Waals surface area contributed by atoms with Gasteiger partial charge in [0.1, 0.15) is 11.8 Å². The van der Waals surface area contributed by atoms with Crippen LogP contribution in [0.5, 0.6) is 0 Å². The summed E-state index contributed by atoms with van der Waals surface area (Å²) in [6.07, 6.45) is 9.22. The van der Waals surface area contributed by atoms with Gasteiger partial charge in [-0.1, -0.05) is 53.4 Å². The molecule has 5 heteroatoms. The Kier molecular flexibility index (Phi) is 24.0. The molecular formula is C17H37CaNO3. The molecule has 130 valence electrons. The van der Waals surface area contributed by atoms with Crippen LogP contribution in [0, 0.1) is 5.92 Å². The molecule has 22 heavy (non-hydrogen) atoms. The van der Waals surface area contributed by atoms with Crippen molar-refractivity contribution >= 4 is 49.5 Å². The van der Waals surface area contributed by atoms with E-state index in [1.165, 1.54) is 25.7 Å². The van der Waals surface area contributed by atoms with E-state index in [-0.39, 0.29) is 40.6 Å². The van der Waals surface area contributed by atoms with Crippen molar-refractivity contribution < 1.29 is 17.5 Å². The van der Waals surface area contributed by atoms with Crippen LogP contribution in [-0.2, 0) is 9.59 Å². The Hall–Kier alpha value is 0.360. The number of carboxylic acid groups (broad SMARTS) is 1. The summed E-state index contributed by atoms with van der Waals surface area (Å²) in [6.45, 7) is 8.23. The van der Waals surface area contributed by atoms with Crippen molar-refractivity contribution in [2.24, 2.45) is 11.7 Å². The third-order valence-corrected chi connectivity index (χ3v) is 3.16. The van der Waals surface area contributed by atoms with Crippen LogP contribution in [0.2, 0.25) is 0 Å². The van der Waals surface area contributed by atoms with Gasteiger partial charge in [0.25, 0.3) is 0 Å². The van der Waals surface area contributed by atoms with Crippen molar-refractivity contribution in [3.05, 3.63) is 0 Å². The number of hydrogen-bond donors (Lipinski definition) is 2. The molecule has 0 aliphatic rings. The number of hydrogen-bond acceptors (Lipinski definition) is 3. The Morgan fingerprint density at radius 1 is 1.00 bits per heavy atom. The largest absolute Gasteiger partial charge is 2.00 e. The van der Waals surface area contributed by atoms with Crippen LogP contribution < -0.4 is 5.73 Å². The first-order valence-electron chi connectivity index (χ1n) is 8.35. The second-order valence-electron chi connectivity index (χ2n) is 6.03. The smallest absolute Gasteiger partial charge is 1.00 e. The second kappa shape index (κ2) is 19.4. The van der Waals surface area contributed by atoms with E-state index < -0.39 is 12.0 Å². The second-order valence-corrected chi connectivity index (χ2v) is 6.03. The maximum Gasteiger partial charge on any atom is 2.00 e. The van der Waals surface area contributed by atoms with Crippen LogP contribution in [0.4, 0.5) is 0 Å². The number of aliphatic carboxylic acids is 1. The molecule has 0 aliphatic heterocycles. The third kappa shape index (κ3) is 22.6. The molecule has 0 saturated heterocycles. The fourth-order valence-electron chi connectivity index (χ4n) is 1.88. The van der Waals surface area contributed by atoms with Crippen LogP contribution >= 0.6 is 0 Å². The Labute approximate surface area is 169 Å². The van der Waals surface area contributed by atoms with Gasteiger partial charge < -0.3 is 13.7 Å². The molecule has 1 atom stereocenters. The Balaban J connectivity index is -0.0000000918. The summed E-state index contributed by atoms with van der Waals surface area (Å²) in [4.78, 5) is 21.3. The van der Waals surface area contributed by atoms with Gasteiger partial charge in [-0.3, -0.25) is 9.59 Å². The molecule has 0 fully saturated rings. The first-order chi connectivity index (χ1) is 9.84. The zero-order chi connectivity index (χ0) is 16.7. The van der Waals surface area contributed by atoms with Crippen molar-refractivity contribution in [1.29, 1.82) is 0 Å². The van der Waals surface area contributed by atoms with E-state index in [1.54, 1.807) is 0 Å². The van der Waals surface area contributed by atoms with Gasteiger partial charge in [0.15, 0.2) is 0 Å². The van der Waals surface area contributed by atoms with E-state index in [2.05, 4.69) is 13.8 Å². The maximum absolute atomic E-state index is 11.2. The summed E-state index contributed by atoms with van der Waals surface area (Å²) in [5.41, 5.74) is 5.22. The number of carboxylic acids is 1. The molecule has 0 aromatic rings. The van der Waals surface area contributed by atoms with Crippen LogP contribution in [-0.4, -0.2) is 60.6 Å². The normalized spacial score (nSPS) is 11.2. The molecule has 0 aliphatic carbocycles. The van der Waals surface area contributed by atoms with E-state index in [0.29, 0.717) is 18.1 Å². The molecule has 0 aromatic carbocycles. The molecule has 0 amide bonds. The average Bonchev–Trinajstić information content (AvgIpc) is 2.39. The minimum absolute atomic E-state index is 0. The number of carbonyl (C=O) groups excluding carboxylic acids is 1. The van der Waals surface area contributed by atoms with Crippen LogP contribution in [0.15, 0.2) is 0 Å². The number of rotatable bonds is 11. The quantitative estimate of drug-likeness (QED) is 0.439. The average molecular weight is 344 g/mol. The summed E-state index contributed by atoms with van der Waals surface area (Å²) in [5, 5.41) is 8.31. The van der Waals surface area contributed by atoms with E-state index in [1.807, 2.05) is 13.8 Å². The van der Waals surface area contributed by atoms with E-state index >= 15 is 0 Å². The molecule has 3 N–H and O–H groups in total. The standard InChI is InChI=1S/C11H22O.C6H13NO2.Ca.2H/c1-3-5-7-9-11(12)10-8-6-4-2;1-4(2)3-5(7)6(8)9;;;/h3-10H2,1-2H3;4-5H,3,7H2,1-2H3,(H,8,9);;;/q;;+2;2*-1. The van der Waals surface area contributed by atoms with Gasteiger partial charge in [0.05, 0.1) is 0 Å². The van der Waals surface area contributed by atoms with Crippen molar-refractivity contribution in [1.82, 2.24) is 0 Å². The first-order valence-corrected chi connectivity index (χ1v) is 8.35. The summed E-state index contributed by atoms with van der Waals surface area (Å²) in [5.74, 6) is -0.0864. The zero-order valence-corrected chi connectivity index (χ0v) is 17.3. The van der Waals surface area contributed by atoms with Gasteiger partial charge in [-0.15, -0.1) is 0 Å². The van der Waals surface area contributed by atoms with Crippen LogP contribution in [0.25, 0.3) is 0 Å². The number of carbonyl (C=O) groups is 2. The minimum atomic E-state index is -0.913. The van der Waals surface area contributed by atoms with Crippen molar-refractivity contribution in [2.45, 2.75) is 91.5 Å². The number of nitrogens with two attached hydrogens (primary N) is 1. The molecule has 0 radical (unpaired) electrons. The number of ketones is 1. The molecule has 0 bridgehead atoms. The Morgan fingerprint density at radius 2 is 1.41 bits per heavy atom. The Morgan fingerprint density at radius 3 is 1.64 bits per heavy atom. The summed E-state index contributed by atoms with van der Waals surface area (Å²) in [6, 6.07) is -0.690. The molecule has 0 aromatic heterocycles. The summed E-state index contributed by atoms with van der Waals surface area (Å²) in [7, 11) is 0. The predicted octanol–water partition coefficient (Wildman–Crippen LogP) is 4.00. The van der Waals surface area contributed by atoms with Crippen molar-refractivity contribution in [3.63, 3.8) is 0 Å². The molecule has 1 unspecified atom stereocenters. The molecular weight excluding hydrogens is 306 g/mol. The first kappa shape index (κ1) is 27.2. The number of Topliss-reactive ketones (excluding diaryl/α,β-unsaturated/α-hetero) is 1. The third-order valence-electron chi connectivity index (χ3n) is 3.16. The van der Waals surface area contributed by atoms with Gasteiger partial charge in [0, 0.05) is 12.8 Å². The fourth-order valence-corrected chi connectivity index (χ4v) is 1.88. The molecule has 0 heterocycles. The molecule has 0 rings (SSSR count). The fraction of sp³-hybridized carbons (Fsp3) is 0.882. The van der Waals surface area contributed by atoms with E-state index in [0.717, 1.165) is 25.7 Å². The van der Waals surface area contributed by atoms with Crippen LogP contribution in [0.1, 0.15) is 88.3 Å². The minimum Gasteiger partial charge on any atom is -1.00 e. The summed E-state index contributed by atoms with van der Waals surface area (Å²) < 4.78 is 0. The van der Waals surface area contributed by atoms with Crippen molar-refractivity contribution in [3.8, 4) is 0 Å². The van der Waals surface area contributed by atoms with Gasteiger partial charge in [-0.2, -0.15) is 0 Å². The molecule has 4 nitrogen and oxygen atoms in total. The van der Waals surface area contributed by atoms with Gasteiger partial charge >= 0.3 is 43.7 Å². The maximum atomic E-state index is 11.2. The topological polar surface area (TPSA) is 80.4 Å². The molecule has 0 saturated carbocycles. The van der Waals surface area contributed by atoms with E-state index in [9.17, 15) is 9.59 Å². The van der Waals surface area contributed by atoms with Crippen LogP contribution in [0.3, 0.4) is 0 Å². The number of unbranched alkanes of at least 4 members (excludes halogenated alkanes) is 4. The zero-order valence-electron chi connectivity index (χ0n) is 17.1. The van der Waals surface area contributed by atoms with Crippen molar-refractivity contribution in [2.75, 3.05) is 0 Å². The summed E-state index contributed by atoms with van der Waals surface area (Å²) >= 11 is 0. The van der Waals surface area contributed by atoms with Gasteiger partial charge in [-0.25, -0.2) is 0 Å². The SMILES string of the molecule is CC(C)CC(N)C(=O)O.CCCCCC(=O)CCCCC.[Ca+2].[H-].[H-].